The first kappa shape index (κ1) is 20.3. The number of benzene rings is 2. The third-order valence-corrected chi connectivity index (χ3v) is 6.00. The second-order valence-corrected chi connectivity index (χ2v) is 8.10. The molecule has 0 bridgehead atoms. The molecule has 32 heavy (non-hydrogen) atoms. The topological polar surface area (TPSA) is 33.1 Å². The Morgan fingerprint density at radius 3 is 2.56 bits per heavy atom. The van der Waals surface area contributed by atoms with Gasteiger partial charge in [0.15, 0.2) is 5.11 Å². The molecule has 3 heterocycles. The number of pyridine rings is 1. The zero-order valence-electron chi connectivity index (χ0n) is 17.2. The molecule has 1 fully saturated rings. The van der Waals surface area contributed by atoms with Crippen molar-refractivity contribution in [2.24, 2.45) is 0 Å². The Bertz CT molecular complexity index is 1290. The molecule has 1 aliphatic rings. The van der Waals surface area contributed by atoms with E-state index in [1.54, 1.807) is 31.3 Å². The molecule has 0 unspecified atom stereocenters. The summed E-state index contributed by atoms with van der Waals surface area (Å²) in [4.78, 5) is 6.53. The zero-order valence-corrected chi connectivity index (χ0v) is 18.1. The quantitative estimate of drug-likeness (QED) is 0.412. The first-order valence-electron chi connectivity index (χ1n) is 10.2. The summed E-state index contributed by atoms with van der Waals surface area (Å²) >= 11 is 5.73. The second-order valence-electron chi connectivity index (χ2n) is 7.71. The molecule has 0 aliphatic carbocycles. The molecule has 0 spiro atoms. The van der Waals surface area contributed by atoms with Crippen LogP contribution in [-0.4, -0.2) is 14.7 Å². The minimum absolute atomic E-state index is 0.253. The van der Waals surface area contributed by atoms with Crippen LogP contribution in [0.15, 0.2) is 85.2 Å². The fourth-order valence-electron chi connectivity index (χ4n) is 4.21. The Morgan fingerprint density at radius 2 is 1.81 bits per heavy atom. The number of nitrogens with zero attached hydrogens (tertiary/aromatic N) is 3. The van der Waals surface area contributed by atoms with E-state index >= 15 is 0 Å². The maximum Gasteiger partial charge on any atom is 0.174 e. The Hall–Kier alpha value is -3.58. The van der Waals surface area contributed by atoms with Crippen LogP contribution in [0.2, 0.25) is 0 Å². The van der Waals surface area contributed by atoms with Crippen LogP contribution in [0.3, 0.4) is 0 Å². The summed E-state index contributed by atoms with van der Waals surface area (Å²) in [5.41, 5.74) is 3.74. The van der Waals surface area contributed by atoms with Gasteiger partial charge in [-0.1, -0.05) is 12.1 Å². The average molecular weight is 447 g/mol. The molecule has 2 aromatic heterocycles. The Morgan fingerprint density at radius 1 is 0.938 bits per heavy atom. The molecule has 2 aromatic carbocycles. The minimum atomic E-state index is -0.311. The lowest BCUT2D eigenvalue weighted by Gasteiger charge is -2.29. The van der Waals surface area contributed by atoms with Crippen LogP contribution in [0, 0.1) is 18.6 Å². The third kappa shape index (κ3) is 3.54. The van der Waals surface area contributed by atoms with Crippen molar-refractivity contribution in [3.05, 3.63) is 114 Å². The van der Waals surface area contributed by atoms with Gasteiger partial charge in [0.1, 0.15) is 17.7 Å². The van der Waals surface area contributed by atoms with Gasteiger partial charge in [0.05, 0.1) is 11.7 Å². The van der Waals surface area contributed by atoms with Gasteiger partial charge in [0, 0.05) is 29.5 Å². The number of aryl methyl sites for hydroxylation is 1. The van der Waals surface area contributed by atoms with E-state index in [2.05, 4.69) is 10.3 Å². The van der Waals surface area contributed by atoms with Crippen LogP contribution in [-0.2, 0) is 0 Å². The van der Waals surface area contributed by atoms with Gasteiger partial charge in [-0.05, 0) is 85.4 Å². The SMILES string of the molecule is Cc1cc(N2C(=S)N[C@@H](c3ccccn3)[C@H]2c2cccn2-c2cccc(F)c2)ccc1F. The van der Waals surface area contributed by atoms with E-state index in [0.29, 0.717) is 16.4 Å². The molecule has 160 valence electrons. The first-order valence-corrected chi connectivity index (χ1v) is 10.6. The van der Waals surface area contributed by atoms with E-state index in [0.717, 1.165) is 17.1 Å². The molecule has 4 aromatic rings. The normalized spacial score (nSPS) is 18.1. The van der Waals surface area contributed by atoms with Crippen LogP contribution in [0.5, 0.6) is 0 Å². The first-order chi connectivity index (χ1) is 15.5. The summed E-state index contributed by atoms with van der Waals surface area (Å²) in [5.74, 6) is -0.581. The predicted molar refractivity (Wildman–Crippen MR) is 125 cm³/mol. The number of rotatable bonds is 4. The summed E-state index contributed by atoms with van der Waals surface area (Å²) in [5, 5.41) is 3.91. The van der Waals surface area contributed by atoms with Gasteiger partial charge in [0.25, 0.3) is 0 Å². The lowest BCUT2D eigenvalue weighted by Crippen LogP contribution is -2.30. The largest absolute Gasteiger partial charge is 0.351 e. The second kappa shape index (κ2) is 8.16. The summed E-state index contributed by atoms with van der Waals surface area (Å²) in [7, 11) is 0. The van der Waals surface area contributed by atoms with Gasteiger partial charge in [-0.3, -0.25) is 4.98 Å². The van der Waals surface area contributed by atoms with E-state index in [4.69, 9.17) is 12.2 Å². The van der Waals surface area contributed by atoms with Crippen molar-refractivity contribution >= 4 is 23.0 Å². The number of aromatic nitrogens is 2. The van der Waals surface area contributed by atoms with Crippen LogP contribution >= 0.6 is 12.2 Å². The van der Waals surface area contributed by atoms with Crippen molar-refractivity contribution in [3.8, 4) is 5.69 Å². The lowest BCUT2D eigenvalue weighted by molar-refractivity contribution is 0.548. The minimum Gasteiger partial charge on any atom is -0.351 e. The number of nitrogens with one attached hydrogen (secondary N) is 1. The average Bonchev–Trinajstić information content (AvgIpc) is 3.40. The highest BCUT2D eigenvalue weighted by Gasteiger charge is 2.42. The monoisotopic (exact) mass is 446 g/mol. The molecule has 1 saturated heterocycles. The van der Waals surface area contributed by atoms with E-state index in [9.17, 15) is 8.78 Å². The van der Waals surface area contributed by atoms with Crippen LogP contribution in [0.25, 0.3) is 5.69 Å². The van der Waals surface area contributed by atoms with Gasteiger partial charge in [-0.2, -0.15) is 0 Å². The Kier molecular flexibility index (Phi) is 5.19. The van der Waals surface area contributed by atoms with E-state index in [1.807, 2.05) is 52.1 Å². The number of hydrogen-bond donors (Lipinski definition) is 1. The molecule has 7 heteroatoms. The standard InChI is InChI=1S/C25H20F2N4S/c1-16-14-19(10-11-20(16)27)31-24(23(29-25(31)32)21-8-2-3-12-28-21)22-9-5-13-30(22)18-7-4-6-17(26)15-18/h2-15,23-24H,1H3,(H,29,32)/t23-,24+/m0/s1. The molecule has 5 rings (SSSR count). The third-order valence-electron chi connectivity index (χ3n) is 5.69. The number of thiocarbonyl (C=S) groups is 1. The molecule has 1 N–H and O–H groups in total. The van der Waals surface area contributed by atoms with E-state index in [-0.39, 0.29) is 23.7 Å². The van der Waals surface area contributed by atoms with Gasteiger partial charge >= 0.3 is 0 Å². The van der Waals surface area contributed by atoms with E-state index in [1.165, 1.54) is 18.2 Å². The van der Waals surface area contributed by atoms with Gasteiger partial charge in [-0.15, -0.1) is 0 Å². The summed E-state index contributed by atoms with van der Waals surface area (Å²) < 4.78 is 29.9. The van der Waals surface area contributed by atoms with Gasteiger partial charge in [0.2, 0.25) is 0 Å². The highest BCUT2D eigenvalue weighted by molar-refractivity contribution is 7.80. The maximum absolute atomic E-state index is 14.0. The molecule has 0 amide bonds. The zero-order chi connectivity index (χ0) is 22.2. The molecule has 2 atom stereocenters. The Balaban J connectivity index is 1.68. The van der Waals surface area contributed by atoms with Crippen molar-refractivity contribution in [1.29, 1.82) is 0 Å². The number of anilines is 1. The molecule has 1 aliphatic heterocycles. The van der Waals surface area contributed by atoms with Crippen molar-refractivity contribution in [1.82, 2.24) is 14.9 Å². The molecule has 0 saturated carbocycles. The van der Waals surface area contributed by atoms with E-state index < -0.39 is 0 Å². The van der Waals surface area contributed by atoms with Crippen molar-refractivity contribution in [3.63, 3.8) is 0 Å². The number of halogens is 2. The van der Waals surface area contributed by atoms with Crippen LogP contribution in [0.1, 0.15) is 29.0 Å². The fourth-order valence-corrected chi connectivity index (χ4v) is 4.55. The molecule has 0 radical (unpaired) electrons. The van der Waals surface area contributed by atoms with Crippen LogP contribution < -0.4 is 10.2 Å². The maximum atomic E-state index is 14.0. The highest BCUT2D eigenvalue weighted by Crippen LogP contribution is 2.42. The number of hydrogen-bond acceptors (Lipinski definition) is 2. The van der Waals surface area contributed by atoms with Crippen molar-refractivity contribution in [2.45, 2.75) is 19.0 Å². The van der Waals surface area contributed by atoms with Crippen molar-refractivity contribution < 1.29 is 8.78 Å². The smallest absolute Gasteiger partial charge is 0.174 e. The van der Waals surface area contributed by atoms with Gasteiger partial charge in [-0.25, -0.2) is 8.78 Å². The van der Waals surface area contributed by atoms with Crippen molar-refractivity contribution in [2.75, 3.05) is 4.90 Å². The lowest BCUT2D eigenvalue weighted by atomic mass is 10.0. The van der Waals surface area contributed by atoms with Crippen LogP contribution in [0.4, 0.5) is 14.5 Å². The molecule has 4 nitrogen and oxygen atoms in total. The highest BCUT2D eigenvalue weighted by atomic mass is 32.1. The summed E-state index contributed by atoms with van der Waals surface area (Å²) in [6.07, 6.45) is 3.64. The fraction of sp³-hybridized carbons (Fsp3) is 0.120. The van der Waals surface area contributed by atoms with Gasteiger partial charge < -0.3 is 14.8 Å². The Labute approximate surface area is 190 Å². The molecular weight excluding hydrogens is 426 g/mol. The molecular formula is C25H20F2N4S. The summed E-state index contributed by atoms with van der Waals surface area (Å²) in [6, 6.07) is 20.5. The predicted octanol–water partition coefficient (Wildman–Crippen LogP) is 5.64. The summed E-state index contributed by atoms with van der Waals surface area (Å²) in [6.45, 7) is 1.73.